The van der Waals surface area contributed by atoms with Crippen molar-refractivity contribution in [3.8, 4) is 5.69 Å². The lowest BCUT2D eigenvalue weighted by Crippen LogP contribution is -2.46. The Kier molecular flexibility index (Phi) is 6.35. The molecular formula is C35H31BrN6. The molecule has 1 atom stereocenters. The Morgan fingerprint density at radius 1 is 0.786 bits per heavy atom. The lowest BCUT2D eigenvalue weighted by molar-refractivity contribution is 0.589. The molecule has 2 aliphatic heterocycles. The number of aliphatic imine (C=N–C) groups is 2. The van der Waals surface area contributed by atoms with E-state index in [2.05, 4.69) is 108 Å². The number of fused-ring (bicyclic) bond motifs is 4. The number of amidine groups is 2. The van der Waals surface area contributed by atoms with Crippen molar-refractivity contribution in [2.75, 3.05) is 10.2 Å². The van der Waals surface area contributed by atoms with Crippen molar-refractivity contribution in [3.05, 3.63) is 130 Å². The Morgan fingerprint density at radius 2 is 1.48 bits per heavy atom. The molecule has 0 aliphatic carbocycles. The van der Waals surface area contributed by atoms with Gasteiger partial charge in [-0.2, -0.15) is 5.10 Å². The number of aryl methyl sites for hydroxylation is 1. The first-order valence-electron chi connectivity index (χ1n) is 14.1. The first-order chi connectivity index (χ1) is 20.3. The van der Waals surface area contributed by atoms with E-state index in [0.29, 0.717) is 5.84 Å². The molecule has 0 saturated carbocycles. The number of hydrogen-bond donors (Lipinski definition) is 1. The Bertz CT molecular complexity index is 1850. The fourth-order valence-electron chi connectivity index (χ4n) is 5.70. The van der Waals surface area contributed by atoms with E-state index in [0.717, 1.165) is 50.1 Å². The number of anilines is 2. The third kappa shape index (κ3) is 4.54. The summed E-state index contributed by atoms with van der Waals surface area (Å²) in [6.45, 7) is 8.82. The third-order valence-electron chi connectivity index (χ3n) is 7.84. The van der Waals surface area contributed by atoms with Crippen LogP contribution in [0.4, 0.5) is 22.9 Å². The van der Waals surface area contributed by atoms with Gasteiger partial charge < -0.3 is 10.2 Å². The van der Waals surface area contributed by atoms with Crippen LogP contribution in [-0.2, 0) is 5.41 Å². The summed E-state index contributed by atoms with van der Waals surface area (Å²) in [6.07, 6.45) is 0. The van der Waals surface area contributed by atoms with Crippen molar-refractivity contribution in [1.29, 1.82) is 0 Å². The molecule has 1 aromatic heterocycles. The second-order valence-electron chi connectivity index (χ2n) is 11.7. The summed E-state index contributed by atoms with van der Waals surface area (Å²) in [7, 11) is 0. The number of nitrogens with one attached hydrogen (secondary N) is 1. The molecule has 0 saturated heterocycles. The molecule has 4 aromatic carbocycles. The van der Waals surface area contributed by atoms with Crippen LogP contribution in [0.25, 0.3) is 5.69 Å². The van der Waals surface area contributed by atoms with Crippen LogP contribution in [0, 0.1) is 6.92 Å². The normalized spacial score (nSPS) is 15.7. The van der Waals surface area contributed by atoms with Gasteiger partial charge in [-0.25, -0.2) is 14.7 Å². The summed E-state index contributed by atoms with van der Waals surface area (Å²) in [5, 5.41) is 8.62. The van der Waals surface area contributed by atoms with Crippen LogP contribution in [0.2, 0.25) is 0 Å². The summed E-state index contributed by atoms with van der Waals surface area (Å²) < 4.78 is 2.98. The van der Waals surface area contributed by atoms with E-state index in [1.807, 2.05) is 53.2 Å². The fourth-order valence-corrected chi connectivity index (χ4v) is 5.96. The van der Waals surface area contributed by atoms with E-state index in [4.69, 9.17) is 15.1 Å². The van der Waals surface area contributed by atoms with Gasteiger partial charge in [-0.05, 0) is 72.0 Å². The van der Waals surface area contributed by atoms with Gasteiger partial charge in [0.2, 0.25) is 0 Å². The minimum absolute atomic E-state index is 0.0587. The zero-order valence-electron chi connectivity index (χ0n) is 24.0. The minimum Gasteiger partial charge on any atom is -0.337 e. The zero-order valence-corrected chi connectivity index (χ0v) is 25.6. The van der Waals surface area contributed by atoms with Gasteiger partial charge in [-0.1, -0.05) is 91.3 Å². The average molecular weight is 616 g/mol. The summed E-state index contributed by atoms with van der Waals surface area (Å²) in [5.41, 5.74) is 8.38. The van der Waals surface area contributed by atoms with Crippen molar-refractivity contribution in [2.45, 2.75) is 39.2 Å². The Morgan fingerprint density at radius 3 is 2.19 bits per heavy atom. The molecule has 0 radical (unpaired) electrons. The largest absolute Gasteiger partial charge is 0.337 e. The Hall–Kier alpha value is -4.49. The average Bonchev–Trinajstić information content (AvgIpc) is 3.33. The van der Waals surface area contributed by atoms with Crippen LogP contribution in [0.15, 0.2) is 118 Å². The monoisotopic (exact) mass is 614 g/mol. The van der Waals surface area contributed by atoms with Gasteiger partial charge in [0.15, 0.2) is 17.5 Å². The lowest BCUT2D eigenvalue weighted by Gasteiger charge is -2.40. The maximum absolute atomic E-state index is 5.33. The second-order valence-corrected chi connectivity index (χ2v) is 12.6. The molecule has 7 rings (SSSR count). The standard InChI is InChI=1S/C35H31BrN6/c1-22-30-31(23-14-16-24(17-15-23)35(2,3)4)41-29-13-9-8-12-28(29)38-32(37-26-20-18-25(36)19-21-26)34(41)39-33(30)42(40-22)27-10-6-5-7-11-27/h5-21,31H,1-4H3,(H,37,38)/t31-/m0/s1. The molecular weight excluding hydrogens is 584 g/mol. The van der Waals surface area contributed by atoms with Crippen LogP contribution >= 0.6 is 15.9 Å². The van der Waals surface area contributed by atoms with Crippen LogP contribution in [0.3, 0.4) is 0 Å². The first kappa shape index (κ1) is 26.4. The van der Waals surface area contributed by atoms with Crippen molar-refractivity contribution in [2.24, 2.45) is 9.98 Å². The van der Waals surface area contributed by atoms with E-state index < -0.39 is 0 Å². The van der Waals surface area contributed by atoms with Gasteiger partial charge in [0, 0.05) is 15.7 Å². The van der Waals surface area contributed by atoms with Gasteiger partial charge in [-0.15, -0.1) is 0 Å². The van der Waals surface area contributed by atoms with Gasteiger partial charge >= 0.3 is 0 Å². The molecule has 2 aliphatic rings. The predicted octanol–water partition coefficient (Wildman–Crippen LogP) is 9.04. The van der Waals surface area contributed by atoms with Crippen molar-refractivity contribution in [3.63, 3.8) is 0 Å². The number of hydrogen-bond acceptors (Lipinski definition) is 5. The van der Waals surface area contributed by atoms with Gasteiger partial charge in [-0.3, -0.25) is 0 Å². The molecule has 0 bridgehead atoms. The number of nitrogens with zero attached hydrogens (tertiary/aromatic N) is 5. The zero-order chi connectivity index (χ0) is 29.0. The highest BCUT2D eigenvalue weighted by molar-refractivity contribution is 9.10. The van der Waals surface area contributed by atoms with E-state index in [-0.39, 0.29) is 11.5 Å². The van der Waals surface area contributed by atoms with E-state index in [9.17, 15) is 0 Å². The van der Waals surface area contributed by atoms with Gasteiger partial charge in [0.05, 0.1) is 28.8 Å². The van der Waals surface area contributed by atoms with E-state index in [1.54, 1.807) is 0 Å². The third-order valence-corrected chi connectivity index (χ3v) is 8.37. The summed E-state index contributed by atoms with van der Waals surface area (Å²) in [5.74, 6) is 2.27. The number of halogens is 1. The van der Waals surface area contributed by atoms with Crippen molar-refractivity contribution < 1.29 is 0 Å². The molecule has 0 spiro atoms. The molecule has 7 heteroatoms. The number of para-hydroxylation sites is 3. The van der Waals surface area contributed by atoms with Crippen LogP contribution in [-0.4, -0.2) is 21.5 Å². The molecule has 208 valence electrons. The topological polar surface area (TPSA) is 57.8 Å². The molecule has 0 unspecified atom stereocenters. The highest BCUT2D eigenvalue weighted by atomic mass is 79.9. The minimum atomic E-state index is -0.155. The van der Waals surface area contributed by atoms with Crippen molar-refractivity contribution >= 4 is 50.5 Å². The summed E-state index contributed by atoms with van der Waals surface area (Å²) in [4.78, 5) is 12.7. The number of aromatic nitrogens is 2. The Balaban J connectivity index is 1.47. The molecule has 42 heavy (non-hydrogen) atoms. The maximum Gasteiger partial charge on any atom is 0.179 e. The fraction of sp³-hybridized carbons (Fsp3) is 0.171. The quantitative estimate of drug-likeness (QED) is 0.220. The predicted molar refractivity (Wildman–Crippen MR) is 176 cm³/mol. The molecule has 3 heterocycles. The summed E-state index contributed by atoms with van der Waals surface area (Å²) in [6, 6.07) is 35.5. The van der Waals surface area contributed by atoms with Gasteiger partial charge in [0.25, 0.3) is 0 Å². The van der Waals surface area contributed by atoms with Gasteiger partial charge in [0.1, 0.15) is 0 Å². The van der Waals surface area contributed by atoms with E-state index >= 15 is 0 Å². The highest BCUT2D eigenvalue weighted by Crippen LogP contribution is 2.48. The first-order valence-corrected chi connectivity index (χ1v) is 14.9. The van der Waals surface area contributed by atoms with Crippen LogP contribution < -0.4 is 10.2 Å². The number of benzene rings is 4. The molecule has 0 amide bonds. The molecule has 5 aromatic rings. The lowest BCUT2D eigenvalue weighted by atomic mass is 9.85. The van der Waals surface area contributed by atoms with E-state index in [1.165, 1.54) is 11.1 Å². The molecule has 1 N–H and O–H groups in total. The smallest absolute Gasteiger partial charge is 0.179 e. The second kappa shape index (κ2) is 10.1. The van der Waals surface area contributed by atoms with Crippen molar-refractivity contribution in [1.82, 2.24) is 9.78 Å². The van der Waals surface area contributed by atoms with Crippen LogP contribution in [0.5, 0.6) is 0 Å². The molecule has 0 fully saturated rings. The maximum atomic E-state index is 5.33. The number of rotatable bonds is 3. The highest BCUT2D eigenvalue weighted by Gasteiger charge is 2.41. The summed E-state index contributed by atoms with van der Waals surface area (Å²) >= 11 is 3.55. The Labute approximate surface area is 254 Å². The van der Waals surface area contributed by atoms with Crippen LogP contribution in [0.1, 0.15) is 49.2 Å². The molecule has 6 nitrogen and oxygen atoms in total. The SMILES string of the molecule is Cc1nn(-c2ccccc2)c2c1[C@H](c1ccc(C(C)(C)C)cc1)N1C(=N2)C(Nc2ccc(Br)cc2)=Nc2ccccc21.